The Morgan fingerprint density at radius 1 is 1.21 bits per heavy atom. The Balaban J connectivity index is 2.29. The van der Waals surface area contributed by atoms with Crippen LogP contribution in [0.25, 0.3) is 10.1 Å². The molecule has 0 aliphatic carbocycles. The van der Waals surface area contributed by atoms with Gasteiger partial charge in [0.2, 0.25) is 0 Å². The Morgan fingerprint density at radius 2 is 2.00 bits per heavy atom. The number of hydrogen-bond acceptors (Lipinski definition) is 2. The minimum absolute atomic E-state index is 0.493. The van der Waals surface area contributed by atoms with Crippen LogP contribution in [-0.4, -0.2) is 7.05 Å². The van der Waals surface area contributed by atoms with Crippen LogP contribution >= 0.6 is 11.3 Å². The maximum Gasteiger partial charge on any atom is 0.0360 e. The zero-order chi connectivity index (χ0) is 13.7. The monoisotopic (exact) mass is 275 g/mol. The number of rotatable bonds is 7. The number of nitrogens with one attached hydrogen (secondary N) is 1. The number of thiophene rings is 1. The lowest BCUT2D eigenvalue weighted by molar-refractivity contribution is 0.341. The second-order valence-corrected chi connectivity index (χ2v) is 6.18. The van der Waals surface area contributed by atoms with Gasteiger partial charge in [0.15, 0.2) is 0 Å². The molecule has 0 aliphatic heterocycles. The summed E-state index contributed by atoms with van der Waals surface area (Å²) in [6.07, 6.45) is 5.19. The number of fused-ring (bicyclic) bond motifs is 1. The Morgan fingerprint density at radius 3 is 2.68 bits per heavy atom. The average Bonchev–Trinajstić information content (AvgIpc) is 2.87. The van der Waals surface area contributed by atoms with Crippen LogP contribution in [0.2, 0.25) is 0 Å². The first-order valence-corrected chi connectivity index (χ1v) is 8.33. The van der Waals surface area contributed by atoms with Gasteiger partial charge in [-0.15, -0.1) is 11.3 Å². The molecule has 2 unspecified atom stereocenters. The first-order valence-electron chi connectivity index (χ1n) is 7.45. The van der Waals surface area contributed by atoms with E-state index in [-0.39, 0.29) is 0 Å². The molecule has 2 heteroatoms. The van der Waals surface area contributed by atoms with Gasteiger partial charge >= 0.3 is 0 Å². The summed E-state index contributed by atoms with van der Waals surface area (Å²) >= 11 is 1.87. The van der Waals surface area contributed by atoms with Crippen molar-refractivity contribution in [2.75, 3.05) is 7.05 Å². The van der Waals surface area contributed by atoms with Crippen molar-refractivity contribution in [2.24, 2.45) is 5.92 Å². The molecular weight excluding hydrogens is 250 g/mol. The van der Waals surface area contributed by atoms with Crippen molar-refractivity contribution >= 4 is 21.4 Å². The van der Waals surface area contributed by atoms with Crippen molar-refractivity contribution in [3.05, 3.63) is 35.2 Å². The van der Waals surface area contributed by atoms with Gasteiger partial charge in [-0.05, 0) is 41.8 Å². The summed E-state index contributed by atoms with van der Waals surface area (Å²) in [6.45, 7) is 4.60. The summed E-state index contributed by atoms with van der Waals surface area (Å²) in [7, 11) is 2.10. The second kappa shape index (κ2) is 7.06. The van der Waals surface area contributed by atoms with E-state index >= 15 is 0 Å². The highest BCUT2D eigenvalue weighted by molar-refractivity contribution is 7.17. The third kappa shape index (κ3) is 3.18. The Labute approximate surface area is 121 Å². The number of unbranched alkanes of at least 4 members (excludes halogenated alkanes) is 1. The fraction of sp³-hybridized carbons (Fsp3) is 0.529. The van der Waals surface area contributed by atoms with Crippen molar-refractivity contribution in [3.63, 3.8) is 0 Å². The molecule has 0 spiro atoms. The van der Waals surface area contributed by atoms with Gasteiger partial charge in [0.1, 0.15) is 0 Å². The lowest BCUT2D eigenvalue weighted by Crippen LogP contribution is -2.24. The lowest BCUT2D eigenvalue weighted by Gasteiger charge is -2.26. The quantitative estimate of drug-likeness (QED) is 0.715. The first kappa shape index (κ1) is 14.5. The molecule has 0 aliphatic rings. The van der Waals surface area contributed by atoms with E-state index in [1.54, 1.807) is 0 Å². The Hall–Kier alpha value is -0.860. The molecule has 2 rings (SSSR count). The van der Waals surface area contributed by atoms with Crippen LogP contribution in [0.3, 0.4) is 0 Å². The topological polar surface area (TPSA) is 12.0 Å². The largest absolute Gasteiger partial charge is 0.313 e. The normalized spacial score (nSPS) is 14.7. The van der Waals surface area contributed by atoms with Gasteiger partial charge in [-0.3, -0.25) is 0 Å². The highest BCUT2D eigenvalue weighted by atomic mass is 32.1. The van der Waals surface area contributed by atoms with E-state index in [1.807, 2.05) is 11.3 Å². The Kier molecular flexibility index (Phi) is 5.41. The summed E-state index contributed by atoms with van der Waals surface area (Å²) in [5.74, 6) is 0.739. The lowest BCUT2D eigenvalue weighted by atomic mass is 9.87. The minimum atomic E-state index is 0.493. The van der Waals surface area contributed by atoms with Crippen LogP contribution in [0.4, 0.5) is 0 Å². The molecule has 1 aromatic carbocycles. The summed E-state index contributed by atoms with van der Waals surface area (Å²) < 4.78 is 1.41. The van der Waals surface area contributed by atoms with E-state index in [2.05, 4.69) is 55.9 Å². The molecule has 19 heavy (non-hydrogen) atoms. The van der Waals surface area contributed by atoms with Gasteiger partial charge in [-0.2, -0.15) is 0 Å². The van der Waals surface area contributed by atoms with Crippen LogP contribution < -0.4 is 5.32 Å². The molecule has 0 fully saturated rings. The van der Waals surface area contributed by atoms with Crippen molar-refractivity contribution in [1.29, 1.82) is 0 Å². The van der Waals surface area contributed by atoms with Crippen LogP contribution in [-0.2, 0) is 0 Å². The highest BCUT2D eigenvalue weighted by Crippen LogP contribution is 2.36. The van der Waals surface area contributed by atoms with Crippen molar-refractivity contribution < 1.29 is 0 Å². The third-order valence-electron chi connectivity index (χ3n) is 4.08. The summed E-state index contributed by atoms with van der Waals surface area (Å²) in [5, 5.41) is 7.34. The maximum absolute atomic E-state index is 3.56. The fourth-order valence-corrected chi connectivity index (χ4v) is 3.95. The zero-order valence-corrected chi connectivity index (χ0v) is 13.1. The third-order valence-corrected chi connectivity index (χ3v) is 5.06. The number of hydrogen-bond donors (Lipinski definition) is 1. The van der Waals surface area contributed by atoms with E-state index in [0.29, 0.717) is 6.04 Å². The number of benzene rings is 1. The molecule has 1 N–H and O–H groups in total. The average molecular weight is 275 g/mol. The zero-order valence-electron chi connectivity index (χ0n) is 12.3. The van der Waals surface area contributed by atoms with E-state index in [4.69, 9.17) is 0 Å². The SMILES string of the molecule is CCCCC(CC)C(NC)c1csc2ccccc12. The highest BCUT2D eigenvalue weighted by Gasteiger charge is 2.22. The van der Waals surface area contributed by atoms with Crippen molar-refractivity contribution in [2.45, 2.75) is 45.6 Å². The van der Waals surface area contributed by atoms with E-state index in [1.165, 1.54) is 41.3 Å². The minimum Gasteiger partial charge on any atom is -0.313 e. The van der Waals surface area contributed by atoms with Crippen LogP contribution in [0.15, 0.2) is 29.6 Å². The maximum atomic E-state index is 3.56. The van der Waals surface area contributed by atoms with Gasteiger partial charge in [-0.25, -0.2) is 0 Å². The van der Waals surface area contributed by atoms with Gasteiger partial charge in [-0.1, -0.05) is 51.3 Å². The van der Waals surface area contributed by atoms with Crippen LogP contribution in [0, 0.1) is 5.92 Å². The van der Waals surface area contributed by atoms with E-state index in [9.17, 15) is 0 Å². The van der Waals surface area contributed by atoms with E-state index in [0.717, 1.165) is 5.92 Å². The fourth-order valence-electron chi connectivity index (χ4n) is 2.96. The molecule has 1 aromatic heterocycles. The summed E-state index contributed by atoms with van der Waals surface area (Å²) in [4.78, 5) is 0. The molecule has 0 bridgehead atoms. The van der Waals surface area contributed by atoms with Crippen molar-refractivity contribution in [3.8, 4) is 0 Å². The molecule has 0 amide bonds. The molecular formula is C17H25NS. The van der Waals surface area contributed by atoms with Crippen molar-refractivity contribution in [1.82, 2.24) is 5.32 Å². The van der Waals surface area contributed by atoms with Gasteiger partial charge in [0.25, 0.3) is 0 Å². The molecule has 0 radical (unpaired) electrons. The van der Waals surface area contributed by atoms with Crippen LogP contribution in [0.1, 0.15) is 51.1 Å². The predicted molar refractivity (Wildman–Crippen MR) is 86.9 cm³/mol. The molecule has 2 atom stereocenters. The predicted octanol–water partition coefficient (Wildman–Crippen LogP) is 5.38. The second-order valence-electron chi connectivity index (χ2n) is 5.26. The smallest absolute Gasteiger partial charge is 0.0360 e. The van der Waals surface area contributed by atoms with Gasteiger partial charge in [0, 0.05) is 10.7 Å². The van der Waals surface area contributed by atoms with Gasteiger partial charge < -0.3 is 5.32 Å². The molecule has 0 saturated carbocycles. The molecule has 1 nitrogen and oxygen atoms in total. The molecule has 2 aromatic rings. The van der Waals surface area contributed by atoms with E-state index < -0.39 is 0 Å². The van der Waals surface area contributed by atoms with Crippen LogP contribution in [0.5, 0.6) is 0 Å². The summed E-state index contributed by atoms with van der Waals surface area (Å²) in [6, 6.07) is 9.26. The standard InChI is InChI=1S/C17H25NS/c1-4-6-9-13(5-2)17(18-3)15-12-19-16-11-8-7-10-14(15)16/h7-8,10-13,17-18H,4-6,9H2,1-3H3. The molecule has 104 valence electrons. The molecule has 1 heterocycles. The first-order chi connectivity index (χ1) is 9.31. The van der Waals surface area contributed by atoms with Gasteiger partial charge in [0.05, 0.1) is 0 Å². The summed E-state index contributed by atoms with van der Waals surface area (Å²) in [5.41, 5.74) is 1.49. The molecule has 0 saturated heterocycles. The Bertz CT molecular complexity index is 503.